The van der Waals surface area contributed by atoms with Crippen molar-refractivity contribution in [3.05, 3.63) is 72.7 Å². The monoisotopic (exact) mass is 435 g/mol. The number of nitrogens with one attached hydrogen (secondary N) is 1. The van der Waals surface area contributed by atoms with Crippen LogP contribution in [0.1, 0.15) is 5.56 Å². The maximum atomic E-state index is 12.2. The zero-order valence-corrected chi connectivity index (χ0v) is 18.1. The smallest absolute Gasteiger partial charge is 0.230 e. The molecule has 2 aromatic carbocycles. The van der Waals surface area contributed by atoms with Gasteiger partial charge in [0.1, 0.15) is 11.4 Å². The number of benzene rings is 2. The second-order valence-electron chi connectivity index (χ2n) is 6.61. The summed E-state index contributed by atoms with van der Waals surface area (Å²) in [6.45, 7) is 2.70. The van der Waals surface area contributed by atoms with Gasteiger partial charge in [0.15, 0.2) is 5.65 Å². The SMILES string of the molecule is Cc1ccc(SCCNC(=O)CSc2ncnc3c2cnn3-c2ccccc2)cc1. The van der Waals surface area contributed by atoms with Gasteiger partial charge in [-0.2, -0.15) is 5.10 Å². The molecule has 2 aromatic heterocycles. The number of thioether (sulfide) groups is 2. The molecule has 0 aliphatic heterocycles. The van der Waals surface area contributed by atoms with Crippen LogP contribution in [0, 0.1) is 6.92 Å². The Bertz CT molecular complexity index is 1130. The fourth-order valence-corrected chi connectivity index (χ4v) is 4.43. The van der Waals surface area contributed by atoms with Crippen molar-refractivity contribution in [2.75, 3.05) is 18.1 Å². The Kier molecular flexibility index (Phi) is 6.66. The maximum Gasteiger partial charge on any atom is 0.230 e. The Hall–Kier alpha value is -2.84. The molecule has 8 heteroatoms. The highest BCUT2D eigenvalue weighted by Gasteiger charge is 2.12. The third kappa shape index (κ3) is 5.01. The lowest BCUT2D eigenvalue weighted by Gasteiger charge is -2.06. The third-order valence-electron chi connectivity index (χ3n) is 4.38. The molecule has 0 unspecified atom stereocenters. The molecule has 1 N–H and O–H groups in total. The van der Waals surface area contributed by atoms with Crippen LogP contribution in [0.25, 0.3) is 16.7 Å². The molecule has 4 rings (SSSR count). The van der Waals surface area contributed by atoms with Crippen molar-refractivity contribution in [1.82, 2.24) is 25.1 Å². The minimum atomic E-state index is -0.00767. The molecule has 152 valence electrons. The molecule has 0 radical (unpaired) electrons. The van der Waals surface area contributed by atoms with Gasteiger partial charge in [0.25, 0.3) is 0 Å². The minimum Gasteiger partial charge on any atom is -0.355 e. The van der Waals surface area contributed by atoms with E-state index < -0.39 is 0 Å². The summed E-state index contributed by atoms with van der Waals surface area (Å²) in [4.78, 5) is 22.2. The van der Waals surface area contributed by atoms with Crippen molar-refractivity contribution in [2.45, 2.75) is 16.8 Å². The summed E-state index contributed by atoms with van der Waals surface area (Å²) in [5.41, 5.74) is 2.91. The van der Waals surface area contributed by atoms with Crippen LogP contribution in [0.3, 0.4) is 0 Å². The average molecular weight is 436 g/mol. The summed E-state index contributed by atoms with van der Waals surface area (Å²) in [7, 11) is 0. The number of hydrogen-bond donors (Lipinski definition) is 1. The van der Waals surface area contributed by atoms with Gasteiger partial charge < -0.3 is 5.32 Å². The maximum absolute atomic E-state index is 12.2. The van der Waals surface area contributed by atoms with Gasteiger partial charge in [-0.3, -0.25) is 4.79 Å². The summed E-state index contributed by atoms with van der Waals surface area (Å²) >= 11 is 3.13. The zero-order chi connectivity index (χ0) is 20.8. The van der Waals surface area contributed by atoms with Crippen molar-refractivity contribution >= 4 is 40.5 Å². The highest BCUT2D eigenvalue weighted by atomic mass is 32.2. The van der Waals surface area contributed by atoms with Crippen molar-refractivity contribution < 1.29 is 4.79 Å². The van der Waals surface area contributed by atoms with E-state index in [9.17, 15) is 4.79 Å². The quantitative estimate of drug-likeness (QED) is 0.255. The number of aromatic nitrogens is 4. The summed E-state index contributed by atoms with van der Waals surface area (Å²) in [5, 5.41) is 9.01. The van der Waals surface area contributed by atoms with Crippen LogP contribution in [0.2, 0.25) is 0 Å². The van der Waals surface area contributed by atoms with Crippen molar-refractivity contribution in [3.8, 4) is 5.69 Å². The van der Waals surface area contributed by atoms with E-state index in [1.54, 1.807) is 22.6 Å². The molecule has 4 aromatic rings. The molecule has 0 bridgehead atoms. The Morgan fingerprint density at radius 1 is 1.03 bits per heavy atom. The fourth-order valence-electron chi connectivity index (χ4n) is 2.87. The summed E-state index contributed by atoms with van der Waals surface area (Å²) in [6.07, 6.45) is 3.27. The number of rotatable bonds is 8. The van der Waals surface area contributed by atoms with Crippen LogP contribution in [0.5, 0.6) is 0 Å². The number of fused-ring (bicyclic) bond motifs is 1. The largest absolute Gasteiger partial charge is 0.355 e. The number of carbonyl (C=O) groups is 1. The lowest BCUT2D eigenvalue weighted by Crippen LogP contribution is -2.27. The number of aryl methyl sites for hydroxylation is 1. The Balaban J connectivity index is 1.31. The number of nitrogens with zero attached hydrogens (tertiary/aromatic N) is 4. The van der Waals surface area contributed by atoms with Gasteiger partial charge >= 0.3 is 0 Å². The van der Waals surface area contributed by atoms with Crippen LogP contribution in [-0.4, -0.2) is 43.7 Å². The molecule has 0 aliphatic carbocycles. The zero-order valence-electron chi connectivity index (χ0n) is 16.5. The van der Waals surface area contributed by atoms with E-state index in [4.69, 9.17) is 0 Å². The number of hydrogen-bond acceptors (Lipinski definition) is 6. The molecule has 0 spiro atoms. The van der Waals surface area contributed by atoms with Crippen molar-refractivity contribution in [1.29, 1.82) is 0 Å². The highest BCUT2D eigenvalue weighted by molar-refractivity contribution is 8.00. The first-order valence-electron chi connectivity index (χ1n) is 9.54. The molecule has 1 amide bonds. The van der Waals surface area contributed by atoms with E-state index in [-0.39, 0.29) is 5.91 Å². The van der Waals surface area contributed by atoms with Gasteiger partial charge in [-0.25, -0.2) is 14.6 Å². The number of para-hydroxylation sites is 1. The van der Waals surface area contributed by atoms with Crippen LogP contribution >= 0.6 is 23.5 Å². The molecule has 0 atom stereocenters. The van der Waals surface area contributed by atoms with Gasteiger partial charge in [0.2, 0.25) is 5.91 Å². The summed E-state index contributed by atoms with van der Waals surface area (Å²) in [6, 6.07) is 18.2. The van der Waals surface area contributed by atoms with E-state index in [1.165, 1.54) is 28.5 Å². The van der Waals surface area contributed by atoms with E-state index >= 15 is 0 Å². The predicted molar refractivity (Wildman–Crippen MR) is 122 cm³/mol. The first kappa shape index (κ1) is 20.4. The van der Waals surface area contributed by atoms with Gasteiger partial charge in [-0.15, -0.1) is 11.8 Å². The molecular weight excluding hydrogens is 414 g/mol. The first-order valence-corrected chi connectivity index (χ1v) is 11.5. The standard InChI is InChI=1S/C22H21N5OS2/c1-16-7-9-18(10-8-16)29-12-11-23-20(28)14-30-22-19-13-26-27(21(19)24-15-25-22)17-5-3-2-4-6-17/h2-10,13,15H,11-12,14H2,1H3,(H,23,28). The first-order chi connectivity index (χ1) is 14.7. The van der Waals surface area contributed by atoms with E-state index in [0.717, 1.165) is 27.5 Å². The van der Waals surface area contributed by atoms with Crippen molar-refractivity contribution in [3.63, 3.8) is 0 Å². The second-order valence-corrected chi connectivity index (χ2v) is 8.74. The number of amides is 1. The molecule has 0 saturated heterocycles. The Morgan fingerprint density at radius 2 is 1.83 bits per heavy atom. The van der Waals surface area contributed by atoms with Crippen LogP contribution in [0.15, 0.2) is 77.0 Å². The van der Waals surface area contributed by atoms with Crippen molar-refractivity contribution in [2.24, 2.45) is 0 Å². The van der Waals surface area contributed by atoms with E-state index in [0.29, 0.717) is 12.3 Å². The van der Waals surface area contributed by atoms with Gasteiger partial charge in [0, 0.05) is 17.2 Å². The lowest BCUT2D eigenvalue weighted by atomic mass is 10.2. The molecule has 2 heterocycles. The summed E-state index contributed by atoms with van der Waals surface area (Å²) < 4.78 is 1.78. The number of carbonyl (C=O) groups excluding carboxylic acids is 1. The molecule has 0 saturated carbocycles. The molecule has 6 nitrogen and oxygen atoms in total. The normalized spacial score (nSPS) is 11.0. The molecular formula is C22H21N5OS2. The third-order valence-corrected chi connectivity index (χ3v) is 6.40. The van der Waals surface area contributed by atoms with Crippen LogP contribution in [0.4, 0.5) is 0 Å². The predicted octanol–water partition coefficient (Wildman–Crippen LogP) is 4.12. The average Bonchev–Trinajstić information content (AvgIpc) is 3.22. The van der Waals surface area contributed by atoms with Gasteiger partial charge in [-0.1, -0.05) is 47.7 Å². The molecule has 30 heavy (non-hydrogen) atoms. The molecule has 0 aliphatic rings. The van der Waals surface area contributed by atoms with E-state index in [2.05, 4.69) is 51.6 Å². The second kappa shape index (κ2) is 9.77. The highest BCUT2D eigenvalue weighted by Crippen LogP contribution is 2.25. The van der Waals surface area contributed by atoms with Gasteiger partial charge in [0.05, 0.1) is 23.0 Å². The topological polar surface area (TPSA) is 72.7 Å². The molecule has 0 fully saturated rings. The summed E-state index contributed by atoms with van der Waals surface area (Å²) in [5.74, 6) is 1.13. The van der Waals surface area contributed by atoms with Gasteiger partial charge in [-0.05, 0) is 31.2 Å². The Labute approximate surface area is 183 Å². The minimum absolute atomic E-state index is 0.00767. The fraction of sp³-hybridized carbons (Fsp3) is 0.182. The van der Waals surface area contributed by atoms with Crippen LogP contribution in [-0.2, 0) is 4.79 Å². The van der Waals surface area contributed by atoms with E-state index in [1.807, 2.05) is 30.3 Å². The Morgan fingerprint density at radius 3 is 2.63 bits per heavy atom. The van der Waals surface area contributed by atoms with Crippen LogP contribution < -0.4 is 5.32 Å². The lowest BCUT2D eigenvalue weighted by molar-refractivity contribution is -0.118.